The molecule has 17 heavy (non-hydrogen) atoms. The summed E-state index contributed by atoms with van der Waals surface area (Å²) in [6, 6.07) is 6.28. The lowest BCUT2D eigenvalue weighted by molar-refractivity contribution is 0.303. The molecule has 0 aliphatic heterocycles. The van der Waals surface area contributed by atoms with E-state index in [2.05, 4.69) is 38.6 Å². The number of hydrogen-bond donors (Lipinski definition) is 0. The Labute approximate surface area is 106 Å². The van der Waals surface area contributed by atoms with Crippen LogP contribution in [0, 0.1) is 6.92 Å². The van der Waals surface area contributed by atoms with Gasteiger partial charge in [-0.1, -0.05) is 44.4 Å². The van der Waals surface area contributed by atoms with Crippen molar-refractivity contribution in [1.29, 1.82) is 0 Å². The summed E-state index contributed by atoms with van der Waals surface area (Å²) < 4.78 is 5.79. The number of benzene rings is 1. The Morgan fingerprint density at radius 1 is 1.24 bits per heavy atom. The van der Waals surface area contributed by atoms with Crippen molar-refractivity contribution in [2.24, 2.45) is 0 Å². The van der Waals surface area contributed by atoms with Crippen LogP contribution in [-0.2, 0) is 0 Å². The zero-order valence-electron chi connectivity index (χ0n) is 11.4. The second-order valence-electron chi connectivity index (χ2n) is 4.67. The summed E-state index contributed by atoms with van der Waals surface area (Å²) in [5.74, 6) is 1.01. The van der Waals surface area contributed by atoms with E-state index in [1.807, 2.05) is 6.92 Å². The van der Waals surface area contributed by atoms with Crippen LogP contribution in [0.5, 0.6) is 5.75 Å². The molecule has 0 N–H and O–H groups in total. The molecule has 1 aromatic rings. The Balaban J connectivity index is 2.46. The smallest absolute Gasteiger partial charge is 0.122 e. The third-order valence-electron chi connectivity index (χ3n) is 2.92. The Morgan fingerprint density at radius 3 is 2.59 bits per heavy atom. The summed E-state index contributed by atoms with van der Waals surface area (Å²) >= 11 is 0. The van der Waals surface area contributed by atoms with E-state index < -0.39 is 0 Å². The summed E-state index contributed by atoms with van der Waals surface area (Å²) in [6.45, 7) is 11.1. The van der Waals surface area contributed by atoms with Crippen molar-refractivity contribution in [3.63, 3.8) is 0 Å². The van der Waals surface area contributed by atoms with Crippen molar-refractivity contribution in [3.05, 3.63) is 35.9 Å². The molecule has 0 saturated carbocycles. The average Bonchev–Trinajstić information content (AvgIpc) is 2.30. The van der Waals surface area contributed by atoms with Crippen LogP contribution in [0.1, 0.15) is 50.7 Å². The van der Waals surface area contributed by atoms with Crippen molar-refractivity contribution in [1.82, 2.24) is 0 Å². The number of unbranched alkanes of at least 4 members (excludes halogenated alkanes) is 3. The highest BCUT2D eigenvalue weighted by Crippen LogP contribution is 2.22. The number of hydrogen-bond acceptors (Lipinski definition) is 1. The summed E-state index contributed by atoms with van der Waals surface area (Å²) in [4.78, 5) is 0. The first kappa shape index (κ1) is 13.8. The molecular formula is C16H24O. The third kappa shape index (κ3) is 4.64. The van der Waals surface area contributed by atoms with Gasteiger partial charge in [0.2, 0.25) is 0 Å². The fourth-order valence-corrected chi connectivity index (χ4v) is 1.79. The van der Waals surface area contributed by atoms with Crippen LogP contribution in [-0.4, -0.2) is 6.61 Å². The first-order valence-corrected chi connectivity index (χ1v) is 6.54. The van der Waals surface area contributed by atoms with Crippen molar-refractivity contribution >= 4 is 5.57 Å². The molecule has 0 saturated heterocycles. The minimum absolute atomic E-state index is 0.827. The van der Waals surface area contributed by atoms with Crippen molar-refractivity contribution < 1.29 is 4.74 Å². The molecule has 0 aliphatic carbocycles. The van der Waals surface area contributed by atoms with E-state index in [1.54, 1.807) is 0 Å². The highest BCUT2D eigenvalue weighted by molar-refractivity contribution is 5.63. The first-order chi connectivity index (χ1) is 8.15. The van der Waals surface area contributed by atoms with E-state index in [4.69, 9.17) is 4.74 Å². The zero-order chi connectivity index (χ0) is 12.7. The van der Waals surface area contributed by atoms with Gasteiger partial charge in [0.1, 0.15) is 5.75 Å². The van der Waals surface area contributed by atoms with Crippen LogP contribution in [0.15, 0.2) is 24.8 Å². The molecule has 0 aromatic heterocycles. The van der Waals surface area contributed by atoms with Crippen LogP contribution in [0.25, 0.3) is 5.57 Å². The largest absolute Gasteiger partial charge is 0.493 e. The maximum atomic E-state index is 5.79. The monoisotopic (exact) mass is 232 g/mol. The number of rotatable bonds is 7. The molecule has 1 nitrogen and oxygen atoms in total. The van der Waals surface area contributed by atoms with Crippen molar-refractivity contribution in [2.45, 2.75) is 46.5 Å². The third-order valence-corrected chi connectivity index (χ3v) is 2.92. The van der Waals surface area contributed by atoms with Crippen LogP contribution in [0.3, 0.4) is 0 Å². The lowest BCUT2D eigenvalue weighted by atomic mass is 10.1. The van der Waals surface area contributed by atoms with Gasteiger partial charge in [-0.05, 0) is 43.5 Å². The molecule has 94 valence electrons. The normalized spacial score (nSPS) is 10.3. The SMILES string of the molecule is C=C(C)c1ccc(OCCCCCC)c(C)c1. The number of allylic oxidation sites excluding steroid dienone is 1. The average molecular weight is 232 g/mol. The van der Waals surface area contributed by atoms with Crippen LogP contribution in [0.4, 0.5) is 0 Å². The highest BCUT2D eigenvalue weighted by atomic mass is 16.5. The van der Waals surface area contributed by atoms with Crippen LogP contribution < -0.4 is 4.74 Å². The van der Waals surface area contributed by atoms with Gasteiger partial charge >= 0.3 is 0 Å². The number of ether oxygens (including phenoxy) is 1. The van der Waals surface area contributed by atoms with Gasteiger partial charge in [0.05, 0.1) is 6.61 Å². The molecule has 0 atom stereocenters. The molecule has 1 aromatic carbocycles. The molecule has 1 rings (SSSR count). The Morgan fingerprint density at radius 2 is 2.00 bits per heavy atom. The summed E-state index contributed by atoms with van der Waals surface area (Å²) in [5, 5.41) is 0. The predicted octanol–water partition coefficient (Wildman–Crippen LogP) is 4.99. The Bertz CT molecular complexity index is 366. The summed E-state index contributed by atoms with van der Waals surface area (Å²) in [6.07, 6.45) is 4.98. The second kappa shape index (κ2) is 7.16. The molecule has 0 aliphatic rings. The maximum Gasteiger partial charge on any atom is 0.122 e. The Kier molecular flexibility index (Phi) is 5.82. The highest BCUT2D eigenvalue weighted by Gasteiger charge is 2.01. The van der Waals surface area contributed by atoms with Crippen molar-refractivity contribution in [2.75, 3.05) is 6.61 Å². The molecule has 1 heteroatoms. The Hall–Kier alpha value is -1.24. The van der Waals surface area contributed by atoms with Gasteiger partial charge < -0.3 is 4.74 Å². The summed E-state index contributed by atoms with van der Waals surface area (Å²) in [5.41, 5.74) is 3.49. The zero-order valence-corrected chi connectivity index (χ0v) is 11.4. The lowest BCUT2D eigenvalue weighted by Gasteiger charge is -2.10. The fraction of sp³-hybridized carbons (Fsp3) is 0.500. The van der Waals surface area contributed by atoms with Crippen LogP contribution >= 0.6 is 0 Å². The molecule has 0 radical (unpaired) electrons. The molecule has 0 bridgehead atoms. The van der Waals surface area contributed by atoms with Gasteiger partial charge in [0.25, 0.3) is 0 Å². The molecule has 0 amide bonds. The topological polar surface area (TPSA) is 9.23 Å². The maximum absolute atomic E-state index is 5.79. The number of aryl methyl sites for hydroxylation is 1. The lowest BCUT2D eigenvalue weighted by Crippen LogP contribution is -1.99. The predicted molar refractivity (Wildman–Crippen MR) is 75.5 cm³/mol. The minimum atomic E-state index is 0.827. The molecular weight excluding hydrogens is 208 g/mol. The second-order valence-corrected chi connectivity index (χ2v) is 4.67. The van der Waals surface area contributed by atoms with E-state index in [-0.39, 0.29) is 0 Å². The quantitative estimate of drug-likeness (QED) is 0.602. The molecule has 0 unspecified atom stereocenters. The summed E-state index contributed by atoms with van der Waals surface area (Å²) in [7, 11) is 0. The van der Waals surface area contributed by atoms with E-state index in [0.29, 0.717) is 0 Å². The molecule has 0 heterocycles. The van der Waals surface area contributed by atoms with E-state index in [9.17, 15) is 0 Å². The van der Waals surface area contributed by atoms with E-state index in [1.165, 1.54) is 30.4 Å². The minimum Gasteiger partial charge on any atom is -0.493 e. The van der Waals surface area contributed by atoms with Gasteiger partial charge in [-0.15, -0.1) is 0 Å². The standard InChI is InChI=1S/C16H24O/c1-5-6-7-8-11-17-16-10-9-15(13(2)3)12-14(16)4/h9-10,12H,2,5-8,11H2,1,3-4H3. The van der Waals surface area contributed by atoms with Gasteiger partial charge in [-0.3, -0.25) is 0 Å². The van der Waals surface area contributed by atoms with E-state index in [0.717, 1.165) is 24.4 Å². The van der Waals surface area contributed by atoms with Gasteiger partial charge in [0.15, 0.2) is 0 Å². The van der Waals surface area contributed by atoms with Gasteiger partial charge in [-0.2, -0.15) is 0 Å². The van der Waals surface area contributed by atoms with Crippen LogP contribution in [0.2, 0.25) is 0 Å². The fourth-order valence-electron chi connectivity index (χ4n) is 1.79. The van der Waals surface area contributed by atoms with E-state index >= 15 is 0 Å². The first-order valence-electron chi connectivity index (χ1n) is 6.54. The van der Waals surface area contributed by atoms with Gasteiger partial charge in [0, 0.05) is 0 Å². The van der Waals surface area contributed by atoms with Gasteiger partial charge in [-0.25, -0.2) is 0 Å². The van der Waals surface area contributed by atoms with Crippen molar-refractivity contribution in [3.8, 4) is 5.75 Å². The molecule has 0 fully saturated rings. The molecule has 0 spiro atoms.